The third kappa shape index (κ3) is 3.98. The average Bonchev–Trinajstić information content (AvgIpc) is 2.90. The molecule has 0 bridgehead atoms. The Hall–Kier alpha value is -1.35. The molecule has 0 radical (unpaired) electrons. The van der Waals surface area contributed by atoms with Crippen molar-refractivity contribution < 1.29 is 14.3 Å². The Kier molecular flexibility index (Phi) is 5.48. The molecule has 0 N–H and O–H groups in total. The Morgan fingerprint density at radius 2 is 2.00 bits per heavy atom. The first kappa shape index (κ1) is 19.4. The van der Waals surface area contributed by atoms with Gasteiger partial charge < -0.3 is 9.47 Å². The van der Waals surface area contributed by atoms with Crippen LogP contribution in [-0.2, 0) is 16.0 Å². The summed E-state index contributed by atoms with van der Waals surface area (Å²) in [6.45, 7) is 8.78. The second-order valence-electron chi connectivity index (χ2n) is 9.37. The topological polar surface area (TPSA) is 35.5 Å². The summed E-state index contributed by atoms with van der Waals surface area (Å²) >= 11 is 0. The lowest BCUT2D eigenvalue weighted by molar-refractivity contribution is -0.143. The van der Waals surface area contributed by atoms with Gasteiger partial charge in [-0.15, -0.1) is 0 Å². The van der Waals surface area contributed by atoms with Crippen LogP contribution in [0.25, 0.3) is 0 Å². The SMILES string of the molecule is COc1cccc(CCC2C(=O)CCC3(C)C(OC(C)(C)C)CCC23)c1. The van der Waals surface area contributed by atoms with E-state index in [1.165, 1.54) is 5.56 Å². The lowest BCUT2D eigenvalue weighted by Gasteiger charge is -2.45. The summed E-state index contributed by atoms with van der Waals surface area (Å²) in [4.78, 5) is 12.7. The Balaban J connectivity index is 1.72. The molecule has 0 aromatic heterocycles. The van der Waals surface area contributed by atoms with Crippen LogP contribution in [0.5, 0.6) is 5.75 Å². The number of methoxy groups -OCH3 is 1. The van der Waals surface area contributed by atoms with Crippen molar-refractivity contribution in [3.05, 3.63) is 29.8 Å². The number of aryl methyl sites for hydroxylation is 1. The molecular weight excluding hydrogens is 324 g/mol. The van der Waals surface area contributed by atoms with E-state index in [1.54, 1.807) is 7.11 Å². The summed E-state index contributed by atoms with van der Waals surface area (Å²) < 4.78 is 11.8. The molecule has 0 saturated heterocycles. The lowest BCUT2D eigenvalue weighted by Crippen LogP contribution is -2.46. The van der Waals surface area contributed by atoms with E-state index in [0.717, 1.165) is 37.9 Å². The van der Waals surface area contributed by atoms with Crippen molar-refractivity contribution in [1.82, 2.24) is 0 Å². The smallest absolute Gasteiger partial charge is 0.136 e. The monoisotopic (exact) mass is 358 g/mol. The summed E-state index contributed by atoms with van der Waals surface area (Å²) in [5, 5.41) is 0. The van der Waals surface area contributed by atoms with Crippen molar-refractivity contribution in [2.24, 2.45) is 17.3 Å². The van der Waals surface area contributed by atoms with E-state index in [2.05, 4.69) is 39.8 Å². The Morgan fingerprint density at radius 1 is 1.23 bits per heavy atom. The van der Waals surface area contributed by atoms with Crippen molar-refractivity contribution in [1.29, 1.82) is 0 Å². The van der Waals surface area contributed by atoms with Gasteiger partial charge in [-0.05, 0) is 81.9 Å². The molecule has 2 aliphatic carbocycles. The molecule has 4 atom stereocenters. The molecule has 4 unspecified atom stereocenters. The number of carbonyl (C=O) groups excluding carboxylic acids is 1. The maximum absolute atomic E-state index is 12.7. The number of carbonyl (C=O) groups is 1. The lowest BCUT2D eigenvalue weighted by atomic mass is 9.62. The molecule has 1 aromatic carbocycles. The largest absolute Gasteiger partial charge is 0.497 e. The van der Waals surface area contributed by atoms with Crippen LogP contribution in [0.15, 0.2) is 24.3 Å². The van der Waals surface area contributed by atoms with E-state index in [4.69, 9.17) is 9.47 Å². The van der Waals surface area contributed by atoms with Gasteiger partial charge in [-0.25, -0.2) is 0 Å². The first-order valence-electron chi connectivity index (χ1n) is 10.1. The van der Waals surface area contributed by atoms with Crippen LogP contribution in [0.4, 0.5) is 0 Å². The van der Waals surface area contributed by atoms with Gasteiger partial charge >= 0.3 is 0 Å². The summed E-state index contributed by atoms with van der Waals surface area (Å²) in [7, 11) is 1.70. The van der Waals surface area contributed by atoms with Crippen LogP contribution >= 0.6 is 0 Å². The summed E-state index contributed by atoms with van der Waals surface area (Å²) in [6.07, 6.45) is 6.04. The second kappa shape index (κ2) is 7.34. The molecule has 2 aliphatic rings. The average molecular weight is 359 g/mol. The molecule has 0 aliphatic heterocycles. The molecule has 2 fully saturated rings. The molecule has 144 valence electrons. The molecule has 26 heavy (non-hydrogen) atoms. The van der Waals surface area contributed by atoms with Crippen molar-refractivity contribution in [3.8, 4) is 5.75 Å². The third-order valence-corrected chi connectivity index (χ3v) is 6.51. The van der Waals surface area contributed by atoms with Crippen molar-refractivity contribution in [3.63, 3.8) is 0 Å². The molecule has 0 amide bonds. The quantitative estimate of drug-likeness (QED) is 0.725. The van der Waals surface area contributed by atoms with Gasteiger partial charge in [0.15, 0.2) is 0 Å². The van der Waals surface area contributed by atoms with Gasteiger partial charge in [0.1, 0.15) is 11.5 Å². The van der Waals surface area contributed by atoms with Crippen molar-refractivity contribution in [2.75, 3.05) is 7.11 Å². The number of hydrogen-bond acceptors (Lipinski definition) is 3. The second-order valence-corrected chi connectivity index (χ2v) is 9.37. The standard InChI is InChI=1S/C23H34O3/c1-22(2,3)26-21-12-11-19-18(20(24)13-14-23(19,21)4)10-9-16-7-6-8-17(15-16)25-5/h6-8,15,18-19,21H,9-14H2,1-5H3. The minimum absolute atomic E-state index is 0.125. The number of ether oxygens (including phenoxy) is 2. The fourth-order valence-corrected chi connectivity index (χ4v) is 5.17. The maximum atomic E-state index is 12.7. The highest BCUT2D eigenvalue weighted by molar-refractivity contribution is 5.82. The summed E-state index contributed by atoms with van der Waals surface area (Å²) in [6, 6.07) is 8.23. The maximum Gasteiger partial charge on any atom is 0.136 e. The normalized spacial score (nSPS) is 31.7. The fourth-order valence-electron chi connectivity index (χ4n) is 5.17. The molecule has 3 nitrogen and oxygen atoms in total. The highest BCUT2D eigenvalue weighted by Crippen LogP contribution is 2.56. The number of ketones is 1. The van der Waals surface area contributed by atoms with Gasteiger partial charge in [0, 0.05) is 12.3 Å². The zero-order valence-corrected chi connectivity index (χ0v) is 17.0. The highest BCUT2D eigenvalue weighted by Gasteiger charge is 2.54. The van der Waals surface area contributed by atoms with E-state index >= 15 is 0 Å². The Bertz CT molecular complexity index is 645. The van der Waals surface area contributed by atoms with Gasteiger partial charge in [0.05, 0.1) is 18.8 Å². The van der Waals surface area contributed by atoms with Crippen LogP contribution in [0.2, 0.25) is 0 Å². The molecule has 1 aromatic rings. The highest BCUT2D eigenvalue weighted by atomic mass is 16.5. The van der Waals surface area contributed by atoms with Crippen LogP contribution in [0.3, 0.4) is 0 Å². The summed E-state index contributed by atoms with van der Waals surface area (Å²) in [5.74, 6) is 1.99. The van der Waals surface area contributed by atoms with E-state index < -0.39 is 0 Å². The van der Waals surface area contributed by atoms with Crippen LogP contribution in [0, 0.1) is 17.3 Å². The van der Waals surface area contributed by atoms with Gasteiger partial charge in [0.25, 0.3) is 0 Å². The fraction of sp³-hybridized carbons (Fsp3) is 0.696. The predicted molar refractivity (Wildman–Crippen MR) is 105 cm³/mol. The number of rotatable bonds is 5. The molecule has 3 rings (SSSR count). The van der Waals surface area contributed by atoms with E-state index in [-0.39, 0.29) is 23.0 Å². The number of benzene rings is 1. The van der Waals surface area contributed by atoms with Crippen molar-refractivity contribution in [2.45, 2.75) is 77.9 Å². The minimum Gasteiger partial charge on any atom is -0.497 e. The van der Waals surface area contributed by atoms with Crippen LogP contribution < -0.4 is 4.74 Å². The first-order valence-corrected chi connectivity index (χ1v) is 10.1. The van der Waals surface area contributed by atoms with Gasteiger partial charge in [-0.2, -0.15) is 0 Å². The Labute approximate surface area is 158 Å². The van der Waals surface area contributed by atoms with Crippen LogP contribution in [0.1, 0.15) is 65.4 Å². The van der Waals surface area contributed by atoms with Gasteiger partial charge in [0.2, 0.25) is 0 Å². The molecule has 3 heteroatoms. The van der Waals surface area contributed by atoms with Gasteiger partial charge in [-0.1, -0.05) is 19.1 Å². The number of hydrogen-bond donors (Lipinski definition) is 0. The molecular formula is C23H34O3. The van der Waals surface area contributed by atoms with E-state index in [9.17, 15) is 4.79 Å². The molecule has 0 spiro atoms. The minimum atomic E-state index is -0.125. The van der Waals surface area contributed by atoms with E-state index in [0.29, 0.717) is 18.1 Å². The Morgan fingerprint density at radius 3 is 2.69 bits per heavy atom. The zero-order valence-electron chi connectivity index (χ0n) is 17.0. The van der Waals surface area contributed by atoms with Gasteiger partial charge in [-0.3, -0.25) is 4.79 Å². The van der Waals surface area contributed by atoms with Crippen molar-refractivity contribution >= 4 is 5.78 Å². The molecule has 2 saturated carbocycles. The number of fused-ring (bicyclic) bond motifs is 1. The third-order valence-electron chi connectivity index (χ3n) is 6.51. The summed E-state index contributed by atoms with van der Waals surface area (Å²) in [5.41, 5.74) is 1.27. The zero-order chi connectivity index (χ0) is 18.9. The molecule has 0 heterocycles. The predicted octanol–water partition coefficient (Wildman–Crippen LogP) is 5.21. The van der Waals surface area contributed by atoms with E-state index in [1.807, 2.05) is 12.1 Å². The number of Topliss-reactive ketones (excluding diaryl/α,β-unsaturated/α-hetero) is 1. The van der Waals surface area contributed by atoms with Crippen LogP contribution in [-0.4, -0.2) is 24.6 Å². The first-order chi connectivity index (χ1) is 12.2.